The van der Waals surface area contributed by atoms with Crippen LogP contribution in [0.5, 0.6) is 0 Å². The summed E-state index contributed by atoms with van der Waals surface area (Å²) < 4.78 is 5.56. The largest absolute Gasteiger partial charge is 0.381 e. The van der Waals surface area contributed by atoms with Crippen LogP contribution < -0.4 is 10.6 Å². The molecule has 0 saturated heterocycles. The average Bonchev–Trinajstić information content (AvgIpc) is 2.47. The van der Waals surface area contributed by atoms with Gasteiger partial charge in [-0.25, -0.2) is 0 Å². The third kappa shape index (κ3) is 12.9. The summed E-state index contributed by atoms with van der Waals surface area (Å²) in [6.45, 7) is 13.5. The highest BCUT2D eigenvalue weighted by molar-refractivity contribution is 5.79. The van der Waals surface area contributed by atoms with E-state index >= 15 is 0 Å². The third-order valence-electron chi connectivity index (χ3n) is 3.54. The van der Waals surface area contributed by atoms with Crippen LogP contribution in [0.4, 0.5) is 0 Å². The third-order valence-corrected chi connectivity index (χ3v) is 3.54. The van der Waals surface area contributed by atoms with Gasteiger partial charge in [-0.2, -0.15) is 0 Å². The molecule has 0 aliphatic heterocycles. The number of unbranched alkanes of at least 4 members (excludes halogenated alkanes) is 1. The quantitative estimate of drug-likeness (QED) is 0.330. The Bertz CT molecular complexity index is 280. The highest BCUT2D eigenvalue weighted by atomic mass is 16.5. The van der Waals surface area contributed by atoms with Crippen LogP contribution in [0.2, 0.25) is 0 Å². The zero-order valence-electron chi connectivity index (χ0n) is 15.6. The van der Waals surface area contributed by atoms with E-state index in [-0.39, 0.29) is 0 Å². The second kappa shape index (κ2) is 13.8. The lowest BCUT2D eigenvalue weighted by Gasteiger charge is -2.20. The van der Waals surface area contributed by atoms with E-state index in [2.05, 4.69) is 55.3 Å². The lowest BCUT2D eigenvalue weighted by Crippen LogP contribution is -2.38. The fraction of sp³-hybridized carbons (Fsp3) is 0.941. The van der Waals surface area contributed by atoms with Gasteiger partial charge in [0.2, 0.25) is 0 Å². The Hall–Kier alpha value is -0.810. The Morgan fingerprint density at radius 1 is 1.05 bits per heavy atom. The van der Waals surface area contributed by atoms with E-state index in [9.17, 15) is 0 Å². The van der Waals surface area contributed by atoms with E-state index in [4.69, 9.17) is 4.74 Å². The molecule has 5 nitrogen and oxygen atoms in total. The smallest absolute Gasteiger partial charge is 0.190 e. The minimum atomic E-state index is 0.608. The molecule has 0 aromatic rings. The number of hydrogen-bond acceptors (Lipinski definition) is 3. The normalized spacial score (nSPS) is 12.5. The molecule has 0 atom stereocenters. The first kappa shape index (κ1) is 21.2. The van der Waals surface area contributed by atoms with Gasteiger partial charge in [0.15, 0.2) is 5.96 Å². The number of aliphatic imine (C=N–C) groups is 1. The molecule has 0 fully saturated rings. The monoisotopic (exact) mass is 314 g/mol. The van der Waals surface area contributed by atoms with Gasteiger partial charge in [-0.05, 0) is 52.6 Å². The molecule has 0 aliphatic rings. The van der Waals surface area contributed by atoms with Crippen LogP contribution in [0.3, 0.4) is 0 Å². The lowest BCUT2D eigenvalue weighted by atomic mass is 10.2. The Labute approximate surface area is 137 Å². The summed E-state index contributed by atoms with van der Waals surface area (Å²) in [7, 11) is 4.00. The van der Waals surface area contributed by atoms with E-state index in [0.717, 1.165) is 51.6 Å². The number of nitrogens with one attached hydrogen (secondary N) is 2. The number of nitrogens with zero attached hydrogens (tertiary/aromatic N) is 2. The van der Waals surface area contributed by atoms with Gasteiger partial charge in [0, 0.05) is 39.4 Å². The highest BCUT2D eigenvalue weighted by Crippen LogP contribution is 1.97. The molecule has 0 spiro atoms. The standard InChI is InChI=1S/C17H38N4O/c1-15(2)14-22-13-9-11-20-17(18-5)19-10-7-8-12-21(6)16(3)4/h15-16H,7-14H2,1-6H3,(H2,18,19,20). The van der Waals surface area contributed by atoms with Crippen molar-refractivity contribution in [3.05, 3.63) is 0 Å². The summed E-state index contributed by atoms with van der Waals surface area (Å²) in [5.74, 6) is 1.50. The molecular weight excluding hydrogens is 276 g/mol. The summed E-state index contributed by atoms with van der Waals surface area (Å²) in [6.07, 6.45) is 3.38. The maximum atomic E-state index is 5.56. The molecule has 22 heavy (non-hydrogen) atoms. The van der Waals surface area contributed by atoms with Gasteiger partial charge in [0.1, 0.15) is 0 Å². The maximum absolute atomic E-state index is 5.56. The Balaban J connectivity index is 3.52. The van der Waals surface area contributed by atoms with Crippen molar-refractivity contribution in [1.82, 2.24) is 15.5 Å². The minimum Gasteiger partial charge on any atom is -0.381 e. The van der Waals surface area contributed by atoms with Crippen LogP contribution in [0, 0.1) is 5.92 Å². The van der Waals surface area contributed by atoms with Crippen LogP contribution in [-0.4, -0.2) is 63.8 Å². The predicted molar refractivity (Wildman–Crippen MR) is 96.6 cm³/mol. The van der Waals surface area contributed by atoms with Gasteiger partial charge < -0.3 is 20.3 Å². The molecule has 0 heterocycles. The number of hydrogen-bond donors (Lipinski definition) is 2. The first-order chi connectivity index (χ1) is 10.5. The summed E-state index contributed by atoms with van der Waals surface area (Å²) in [4.78, 5) is 6.62. The molecule has 0 amide bonds. The van der Waals surface area contributed by atoms with Crippen LogP contribution in [0.1, 0.15) is 47.0 Å². The Kier molecular flexibility index (Phi) is 13.3. The van der Waals surface area contributed by atoms with E-state index in [1.807, 2.05) is 7.05 Å². The summed E-state index contributed by atoms with van der Waals surface area (Å²) >= 11 is 0. The van der Waals surface area contributed by atoms with Crippen molar-refractivity contribution in [3.8, 4) is 0 Å². The van der Waals surface area contributed by atoms with E-state index in [1.165, 1.54) is 6.42 Å². The van der Waals surface area contributed by atoms with E-state index in [1.54, 1.807) is 0 Å². The maximum Gasteiger partial charge on any atom is 0.190 e. The van der Waals surface area contributed by atoms with Crippen molar-refractivity contribution in [2.45, 2.75) is 53.0 Å². The fourth-order valence-corrected chi connectivity index (χ4v) is 1.87. The molecule has 0 saturated carbocycles. The van der Waals surface area contributed by atoms with Crippen molar-refractivity contribution < 1.29 is 4.74 Å². The summed E-state index contributed by atoms with van der Waals surface area (Å²) in [5, 5.41) is 6.68. The Morgan fingerprint density at radius 3 is 2.23 bits per heavy atom. The van der Waals surface area contributed by atoms with Crippen LogP contribution in [0.15, 0.2) is 4.99 Å². The predicted octanol–water partition coefficient (Wildman–Crippen LogP) is 2.33. The van der Waals surface area contributed by atoms with Gasteiger partial charge in [0.25, 0.3) is 0 Å². The van der Waals surface area contributed by atoms with Gasteiger partial charge in [-0.15, -0.1) is 0 Å². The van der Waals surface area contributed by atoms with E-state index < -0.39 is 0 Å². The van der Waals surface area contributed by atoms with Crippen molar-refractivity contribution in [3.63, 3.8) is 0 Å². The van der Waals surface area contributed by atoms with Crippen molar-refractivity contribution in [2.75, 3.05) is 46.9 Å². The van der Waals surface area contributed by atoms with Crippen molar-refractivity contribution >= 4 is 5.96 Å². The lowest BCUT2D eigenvalue weighted by molar-refractivity contribution is 0.108. The average molecular weight is 315 g/mol. The van der Waals surface area contributed by atoms with Crippen LogP contribution >= 0.6 is 0 Å². The fourth-order valence-electron chi connectivity index (χ4n) is 1.87. The zero-order chi connectivity index (χ0) is 16.8. The van der Waals surface area contributed by atoms with Gasteiger partial charge >= 0.3 is 0 Å². The highest BCUT2D eigenvalue weighted by Gasteiger charge is 2.02. The number of guanidine groups is 1. The molecule has 132 valence electrons. The second-order valence-electron chi connectivity index (χ2n) is 6.53. The molecule has 0 bridgehead atoms. The van der Waals surface area contributed by atoms with Crippen LogP contribution in [-0.2, 0) is 4.74 Å². The van der Waals surface area contributed by atoms with Crippen molar-refractivity contribution in [1.29, 1.82) is 0 Å². The molecule has 0 aliphatic carbocycles. The number of rotatable bonds is 12. The van der Waals surface area contributed by atoms with Crippen molar-refractivity contribution in [2.24, 2.45) is 10.9 Å². The molecule has 0 aromatic carbocycles. The first-order valence-corrected chi connectivity index (χ1v) is 8.69. The second-order valence-corrected chi connectivity index (χ2v) is 6.53. The minimum absolute atomic E-state index is 0.608. The molecule has 2 N–H and O–H groups in total. The Morgan fingerprint density at radius 2 is 1.68 bits per heavy atom. The summed E-state index contributed by atoms with van der Waals surface area (Å²) in [6, 6.07) is 0.625. The molecule has 0 aromatic heterocycles. The molecule has 0 radical (unpaired) electrons. The molecule has 0 rings (SSSR count). The SMILES string of the molecule is CN=C(NCCCCN(C)C(C)C)NCCCOCC(C)C. The van der Waals surface area contributed by atoms with Gasteiger partial charge in [-0.3, -0.25) is 4.99 Å². The van der Waals surface area contributed by atoms with Crippen LogP contribution in [0.25, 0.3) is 0 Å². The van der Waals surface area contributed by atoms with E-state index in [0.29, 0.717) is 12.0 Å². The molecular formula is C17H38N4O. The molecule has 0 unspecified atom stereocenters. The zero-order valence-corrected chi connectivity index (χ0v) is 15.6. The van der Waals surface area contributed by atoms with Gasteiger partial charge in [-0.1, -0.05) is 13.8 Å². The van der Waals surface area contributed by atoms with Gasteiger partial charge in [0.05, 0.1) is 0 Å². The number of ether oxygens (including phenoxy) is 1. The molecule has 5 heteroatoms. The first-order valence-electron chi connectivity index (χ1n) is 8.69. The summed E-state index contributed by atoms with van der Waals surface area (Å²) in [5.41, 5.74) is 0. The topological polar surface area (TPSA) is 48.9 Å².